The van der Waals surface area contributed by atoms with Gasteiger partial charge in [0.05, 0.1) is 6.61 Å². The topological polar surface area (TPSA) is 70.1 Å². The third-order valence-electron chi connectivity index (χ3n) is 13.3. The Morgan fingerprint density at radius 2 is 0.677 bits per heavy atom. The molecule has 10 rings (SSSR count). The molecule has 3 N–H and O–H groups in total. The van der Waals surface area contributed by atoms with E-state index in [1.165, 1.54) is 41.5 Å². The van der Waals surface area contributed by atoms with Crippen LogP contribution in [0.3, 0.4) is 0 Å². The van der Waals surface area contributed by atoms with Gasteiger partial charge < -0.3 is 15.7 Å². The average molecular weight is 811 g/mol. The summed E-state index contributed by atoms with van der Waals surface area (Å²) in [4.78, 5) is 9.66. The molecule has 5 heteroatoms. The van der Waals surface area contributed by atoms with Crippen LogP contribution in [0.25, 0.3) is 0 Å². The molecule has 62 heavy (non-hydrogen) atoms. The minimum Gasteiger partial charge on any atom is -0.395 e. The van der Waals surface area contributed by atoms with Crippen LogP contribution in [0.2, 0.25) is 0 Å². The van der Waals surface area contributed by atoms with E-state index in [0.717, 1.165) is 46.7 Å². The first-order valence-corrected chi connectivity index (χ1v) is 22.0. The summed E-state index contributed by atoms with van der Waals surface area (Å²) in [6.07, 6.45) is 9.78. The summed E-state index contributed by atoms with van der Waals surface area (Å²) in [6.45, 7) is 2.47. The Hall–Kier alpha value is -6.82. The minimum absolute atomic E-state index is 0.0824. The number of hydrogen-bond donors (Lipinski definition) is 3. The number of benzene rings is 6. The van der Waals surface area contributed by atoms with Gasteiger partial charge in [-0.25, -0.2) is 9.97 Å². The maximum atomic E-state index is 9.77. The molecule has 8 aromatic rings. The molecule has 2 aromatic heterocycles. The van der Waals surface area contributed by atoms with Crippen LogP contribution < -0.4 is 10.6 Å². The van der Waals surface area contributed by atoms with E-state index in [-0.39, 0.29) is 12.0 Å². The molecule has 2 heterocycles. The fourth-order valence-corrected chi connectivity index (χ4v) is 9.20. The van der Waals surface area contributed by atoms with Gasteiger partial charge in [-0.3, -0.25) is 0 Å². The second-order valence-electron chi connectivity index (χ2n) is 16.9. The van der Waals surface area contributed by atoms with Crippen molar-refractivity contribution in [3.05, 3.63) is 263 Å². The summed E-state index contributed by atoms with van der Waals surface area (Å²) in [5.74, 6) is 1.68. The molecular weight excluding hydrogens is 757 g/mol. The molecule has 0 amide bonds. The van der Waals surface area contributed by atoms with E-state index in [1.807, 2.05) is 30.5 Å². The van der Waals surface area contributed by atoms with Gasteiger partial charge >= 0.3 is 0 Å². The van der Waals surface area contributed by atoms with Crippen molar-refractivity contribution >= 4 is 11.6 Å². The third kappa shape index (κ3) is 7.92. The lowest BCUT2D eigenvalue weighted by atomic mass is 9.77. The monoisotopic (exact) mass is 810 g/mol. The molecule has 0 unspecified atom stereocenters. The Morgan fingerprint density at radius 1 is 0.403 bits per heavy atom. The largest absolute Gasteiger partial charge is 0.395 e. The van der Waals surface area contributed by atoms with Crippen LogP contribution in [-0.4, -0.2) is 21.7 Å². The van der Waals surface area contributed by atoms with Gasteiger partial charge in [0.15, 0.2) is 0 Å². The highest BCUT2D eigenvalue weighted by molar-refractivity contribution is 5.60. The van der Waals surface area contributed by atoms with Gasteiger partial charge in [0, 0.05) is 17.8 Å². The lowest BCUT2D eigenvalue weighted by Crippen LogP contribution is -2.38. The Morgan fingerprint density at radius 3 is 0.887 bits per heavy atom. The highest BCUT2D eigenvalue weighted by Gasteiger charge is 2.45. The molecule has 2 fully saturated rings. The van der Waals surface area contributed by atoms with Crippen LogP contribution in [0.4, 0.5) is 11.6 Å². The first-order chi connectivity index (χ1) is 30.5. The van der Waals surface area contributed by atoms with Gasteiger partial charge in [0.25, 0.3) is 0 Å². The highest BCUT2D eigenvalue weighted by atomic mass is 16.3. The summed E-state index contributed by atoms with van der Waals surface area (Å²) < 4.78 is 0. The molecule has 2 aliphatic rings. The second-order valence-corrected chi connectivity index (χ2v) is 16.9. The van der Waals surface area contributed by atoms with Gasteiger partial charge in [-0.1, -0.05) is 201 Å². The van der Waals surface area contributed by atoms with Crippen molar-refractivity contribution < 1.29 is 5.11 Å². The fraction of sp³-hybridized carbons (Fsp3) is 0.193. The van der Waals surface area contributed by atoms with Crippen molar-refractivity contribution in [2.24, 2.45) is 0 Å². The number of aromatic nitrogens is 2. The van der Waals surface area contributed by atoms with Crippen LogP contribution in [0.15, 0.2) is 219 Å². The van der Waals surface area contributed by atoms with Crippen molar-refractivity contribution in [1.82, 2.24) is 9.97 Å². The molecule has 0 bridgehead atoms. The van der Waals surface area contributed by atoms with E-state index in [2.05, 4.69) is 206 Å². The predicted octanol–water partition coefficient (Wildman–Crippen LogP) is 12.4. The molecule has 2 saturated carbocycles. The molecular formula is C57H54N4O. The van der Waals surface area contributed by atoms with E-state index < -0.39 is 11.1 Å². The van der Waals surface area contributed by atoms with Gasteiger partial charge in [0.1, 0.15) is 22.7 Å². The molecule has 0 spiro atoms. The highest BCUT2D eigenvalue weighted by Crippen LogP contribution is 2.51. The van der Waals surface area contributed by atoms with Gasteiger partial charge in [0.2, 0.25) is 0 Å². The van der Waals surface area contributed by atoms with E-state index in [9.17, 15) is 5.11 Å². The van der Waals surface area contributed by atoms with Crippen molar-refractivity contribution in [2.75, 3.05) is 17.2 Å². The number of nitrogens with zero attached hydrogens (tertiary/aromatic N) is 2. The Kier molecular flexibility index (Phi) is 11.6. The van der Waals surface area contributed by atoms with Crippen molar-refractivity contribution in [2.45, 2.75) is 60.9 Å². The zero-order chi connectivity index (χ0) is 42.3. The van der Waals surface area contributed by atoms with E-state index >= 15 is 0 Å². The van der Waals surface area contributed by atoms with Gasteiger partial charge in [-0.2, -0.15) is 0 Å². The summed E-state index contributed by atoms with van der Waals surface area (Å²) in [7, 11) is 0. The summed E-state index contributed by atoms with van der Waals surface area (Å²) >= 11 is 0. The molecule has 0 aliphatic heterocycles. The summed E-state index contributed by atoms with van der Waals surface area (Å²) in [6, 6.07) is 72.1. The zero-order valence-electron chi connectivity index (χ0n) is 35.4. The number of rotatable bonds is 14. The maximum absolute atomic E-state index is 9.77. The standard InChI is InChI=1S/C29H28N2.C28H26N2O/c1-2-28(20-21-28)26-18-19-27(30-22-26)31-29(23-12-6-3-7-13-23,24-14-8-4-9-15-24)25-16-10-5-11-17-25;31-21-27(18-19-27)25-16-17-26(29-20-25)30-28(22-10-4-1-5-11-22,23-12-6-2-7-13-23)24-14-8-3-9-15-24/h3-19,22H,2,20-21H2,1H3,(H,30,31);1-17,20,31H,18-19,21H2,(H,29,30). The van der Waals surface area contributed by atoms with Crippen LogP contribution in [-0.2, 0) is 21.9 Å². The van der Waals surface area contributed by atoms with Crippen LogP contribution >= 0.6 is 0 Å². The maximum Gasteiger partial charge on any atom is 0.127 e. The molecule has 5 nitrogen and oxygen atoms in total. The number of aliphatic hydroxyl groups is 1. The Balaban J connectivity index is 0.000000158. The smallest absolute Gasteiger partial charge is 0.127 e. The Bertz CT molecular complexity index is 2230. The SMILES string of the molecule is CCC1(c2ccc(NC(c3ccccc3)(c3ccccc3)c3ccccc3)nc2)CC1.OCC1(c2ccc(NC(c3ccccc3)(c3ccccc3)c3ccccc3)nc2)CC1. The van der Waals surface area contributed by atoms with Gasteiger partial charge in [-0.05, 0) is 94.2 Å². The summed E-state index contributed by atoms with van der Waals surface area (Å²) in [5, 5.41) is 17.4. The number of nitrogens with one attached hydrogen (secondary N) is 2. The third-order valence-corrected chi connectivity index (χ3v) is 13.3. The van der Waals surface area contributed by atoms with E-state index in [4.69, 9.17) is 9.97 Å². The molecule has 0 saturated heterocycles. The molecule has 2 aliphatic carbocycles. The van der Waals surface area contributed by atoms with Gasteiger partial charge in [-0.15, -0.1) is 0 Å². The van der Waals surface area contributed by atoms with Crippen molar-refractivity contribution in [3.8, 4) is 0 Å². The van der Waals surface area contributed by atoms with Crippen LogP contribution in [0.5, 0.6) is 0 Å². The quantitative estimate of drug-likeness (QED) is 0.0955. The molecule has 6 aromatic carbocycles. The number of hydrogen-bond acceptors (Lipinski definition) is 5. The average Bonchev–Trinajstić information content (AvgIpc) is 4.32. The zero-order valence-corrected chi connectivity index (χ0v) is 35.4. The van der Waals surface area contributed by atoms with E-state index in [0.29, 0.717) is 5.41 Å². The second kappa shape index (κ2) is 17.6. The number of aliphatic hydroxyl groups excluding tert-OH is 1. The summed E-state index contributed by atoms with van der Waals surface area (Å²) in [5.41, 5.74) is 8.62. The molecule has 308 valence electrons. The lowest BCUT2D eigenvalue weighted by Gasteiger charge is -2.37. The minimum atomic E-state index is -0.591. The lowest BCUT2D eigenvalue weighted by molar-refractivity contribution is 0.255. The number of pyridine rings is 2. The first-order valence-electron chi connectivity index (χ1n) is 22.0. The Labute approximate surface area is 366 Å². The molecule has 0 atom stereocenters. The van der Waals surface area contributed by atoms with Crippen LogP contribution in [0.1, 0.15) is 83.5 Å². The number of anilines is 2. The van der Waals surface area contributed by atoms with Crippen LogP contribution in [0, 0.1) is 0 Å². The van der Waals surface area contributed by atoms with Crippen molar-refractivity contribution in [3.63, 3.8) is 0 Å². The first kappa shape index (κ1) is 40.6. The molecule has 0 radical (unpaired) electrons. The normalized spacial score (nSPS) is 14.7. The van der Waals surface area contributed by atoms with E-state index in [1.54, 1.807) is 0 Å². The predicted molar refractivity (Wildman–Crippen MR) is 253 cm³/mol. The fourth-order valence-electron chi connectivity index (χ4n) is 9.20. The van der Waals surface area contributed by atoms with Crippen molar-refractivity contribution in [1.29, 1.82) is 0 Å².